The monoisotopic (exact) mass is 329 g/mol. The number of rotatable bonds is 2. The van der Waals surface area contributed by atoms with Gasteiger partial charge < -0.3 is 5.73 Å². The SMILES string of the molecule is C/C=C\CC#N.C1CN2CCC23CCC13.Cc1cn[nH]c1C(N)=O. The number of aryl methyl sites for hydroxylation is 1. The van der Waals surface area contributed by atoms with E-state index in [1.165, 1.54) is 38.8 Å². The number of nitrogens with zero attached hydrogens (tertiary/aromatic N) is 3. The van der Waals surface area contributed by atoms with Gasteiger partial charge in [0.2, 0.25) is 0 Å². The van der Waals surface area contributed by atoms with Crippen molar-refractivity contribution in [3.8, 4) is 6.07 Å². The zero-order chi connectivity index (χ0) is 17.6. The number of H-pyrrole nitrogens is 1. The van der Waals surface area contributed by atoms with E-state index >= 15 is 0 Å². The molecule has 3 heterocycles. The summed E-state index contributed by atoms with van der Waals surface area (Å²) in [5.41, 5.74) is 6.92. The average molecular weight is 329 g/mol. The standard InChI is InChI=1S/C8H13N.C5H7N3O.C5H7N/c1-3-8-4-6-9(8)5-2-7(1)8;1-3-2-7-8-4(3)5(6)9;1-2-3-4-5-6/h7H,1-6H2;2H,1H3,(H2,6,9)(H,7,8);2-3H,4H2,1H3/b;;3-2-. The number of aromatic nitrogens is 2. The molecule has 1 spiro atoms. The van der Waals surface area contributed by atoms with Crippen LogP contribution >= 0.6 is 0 Å². The summed E-state index contributed by atoms with van der Waals surface area (Å²) in [6, 6.07) is 1.98. The van der Waals surface area contributed by atoms with Crippen molar-refractivity contribution in [1.29, 1.82) is 5.26 Å². The van der Waals surface area contributed by atoms with Gasteiger partial charge in [0.25, 0.3) is 5.91 Å². The quantitative estimate of drug-likeness (QED) is 0.814. The lowest BCUT2D eigenvalue weighted by atomic mass is 9.62. The summed E-state index contributed by atoms with van der Waals surface area (Å²) in [6.45, 7) is 6.50. The van der Waals surface area contributed by atoms with E-state index in [0.29, 0.717) is 12.1 Å². The molecule has 3 fully saturated rings. The second kappa shape index (κ2) is 8.11. The van der Waals surface area contributed by atoms with Crippen molar-refractivity contribution < 1.29 is 4.79 Å². The van der Waals surface area contributed by atoms with E-state index < -0.39 is 5.91 Å². The molecule has 3 aliphatic rings. The van der Waals surface area contributed by atoms with Crippen LogP contribution < -0.4 is 5.73 Å². The molecule has 2 atom stereocenters. The molecule has 1 saturated carbocycles. The Bertz CT molecular complexity index is 610. The van der Waals surface area contributed by atoms with Crippen molar-refractivity contribution in [3.63, 3.8) is 0 Å². The molecule has 2 unspecified atom stereocenters. The Morgan fingerprint density at radius 1 is 1.54 bits per heavy atom. The number of hydrogen-bond acceptors (Lipinski definition) is 4. The molecule has 1 aliphatic carbocycles. The molecule has 6 heteroatoms. The summed E-state index contributed by atoms with van der Waals surface area (Å²) < 4.78 is 0. The Kier molecular flexibility index (Phi) is 6.16. The third kappa shape index (κ3) is 3.68. The topological polar surface area (TPSA) is 98.8 Å². The van der Waals surface area contributed by atoms with Gasteiger partial charge in [-0.1, -0.05) is 12.2 Å². The van der Waals surface area contributed by atoms with Crippen molar-refractivity contribution in [1.82, 2.24) is 15.1 Å². The number of nitrogens with one attached hydrogen (secondary N) is 1. The highest BCUT2D eigenvalue weighted by Gasteiger charge is 2.59. The van der Waals surface area contributed by atoms with Crippen LogP contribution in [0.5, 0.6) is 0 Å². The number of aromatic amines is 1. The van der Waals surface area contributed by atoms with Crippen LogP contribution in [0.15, 0.2) is 18.3 Å². The molecule has 1 amide bonds. The van der Waals surface area contributed by atoms with Crippen LogP contribution in [0.25, 0.3) is 0 Å². The number of nitriles is 1. The number of hydrogen-bond donors (Lipinski definition) is 2. The molecule has 4 rings (SSSR count). The molecule has 2 aliphatic heterocycles. The zero-order valence-corrected chi connectivity index (χ0v) is 14.6. The molecular formula is C18H27N5O. The van der Waals surface area contributed by atoms with Crippen LogP contribution in [0.4, 0.5) is 0 Å². The fourth-order valence-electron chi connectivity index (χ4n) is 3.81. The predicted molar refractivity (Wildman–Crippen MR) is 93.1 cm³/mol. The molecule has 3 N–H and O–H groups in total. The van der Waals surface area contributed by atoms with E-state index in [0.717, 1.165) is 17.0 Å². The van der Waals surface area contributed by atoms with Gasteiger partial charge >= 0.3 is 0 Å². The minimum atomic E-state index is -0.468. The van der Waals surface area contributed by atoms with Gasteiger partial charge in [0.05, 0.1) is 18.7 Å². The van der Waals surface area contributed by atoms with Crippen molar-refractivity contribution in [3.05, 3.63) is 29.6 Å². The summed E-state index contributed by atoms with van der Waals surface area (Å²) in [4.78, 5) is 13.1. The lowest BCUT2D eigenvalue weighted by Gasteiger charge is -2.58. The minimum absolute atomic E-state index is 0.384. The van der Waals surface area contributed by atoms with Gasteiger partial charge in [0.1, 0.15) is 5.69 Å². The third-order valence-corrected chi connectivity index (χ3v) is 5.40. The third-order valence-electron chi connectivity index (χ3n) is 5.40. The number of allylic oxidation sites excluding steroid dienone is 2. The summed E-state index contributed by atoms with van der Waals surface area (Å²) in [6.07, 6.45) is 11.9. The zero-order valence-electron chi connectivity index (χ0n) is 14.6. The van der Waals surface area contributed by atoms with Gasteiger partial charge in [-0.25, -0.2) is 0 Å². The van der Waals surface area contributed by atoms with E-state index in [1.54, 1.807) is 13.1 Å². The fraction of sp³-hybridized carbons (Fsp3) is 0.611. The second-order valence-corrected chi connectivity index (χ2v) is 6.59. The first-order chi connectivity index (χ1) is 11.5. The molecular weight excluding hydrogens is 302 g/mol. The summed E-state index contributed by atoms with van der Waals surface area (Å²) in [5, 5.41) is 14.0. The van der Waals surface area contributed by atoms with E-state index in [1.807, 2.05) is 25.1 Å². The maximum absolute atomic E-state index is 10.4. The normalized spacial score (nSPS) is 26.5. The van der Waals surface area contributed by atoms with Crippen LogP contribution in [0.3, 0.4) is 0 Å². The van der Waals surface area contributed by atoms with Gasteiger partial charge in [-0.15, -0.1) is 0 Å². The van der Waals surface area contributed by atoms with Crippen LogP contribution in [-0.2, 0) is 0 Å². The van der Waals surface area contributed by atoms with Crippen LogP contribution in [0.1, 0.15) is 55.1 Å². The first kappa shape index (κ1) is 18.2. The van der Waals surface area contributed by atoms with E-state index in [2.05, 4.69) is 15.1 Å². The number of amides is 1. The lowest BCUT2D eigenvalue weighted by molar-refractivity contribution is -0.0659. The van der Waals surface area contributed by atoms with E-state index in [9.17, 15) is 4.79 Å². The van der Waals surface area contributed by atoms with Crippen LogP contribution in [0.2, 0.25) is 0 Å². The lowest BCUT2D eigenvalue weighted by Crippen LogP contribution is -2.63. The summed E-state index contributed by atoms with van der Waals surface area (Å²) in [7, 11) is 0. The molecule has 0 bridgehead atoms. The molecule has 1 aromatic heterocycles. The maximum Gasteiger partial charge on any atom is 0.266 e. The highest BCUT2D eigenvalue weighted by molar-refractivity contribution is 5.91. The van der Waals surface area contributed by atoms with Crippen molar-refractivity contribution >= 4 is 5.91 Å². The van der Waals surface area contributed by atoms with Gasteiger partial charge in [0.15, 0.2) is 0 Å². The first-order valence-corrected chi connectivity index (χ1v) is 8.58. The molecule has 0 aromatic carbocycles. The van der Waals surface area contributed by atoms with Crippen molar-refractivity contribution in [2.24, 2.45) is 11.7 Å². The van der Waals surface area contributed by atoms with Gasteiger partial charge in [0, 0.05) is 12.1 Å². The molecule has 24 heavy (non-hydrogen) atoms. The molecule has 130 valence electrons. The average Bonchev–Trinajstić information content (AvgIpc) is 3.00. The van der Waals surface area contributed by atoms with Gasteiger partial charge in [-0.05, 0) is 57.6 Å². The minimum Gasteiger partial charge on any atom is -0.364 e. The van der Waals surface area contributed by atoms with Crippen LogP contribution in [0, 0.1) is 24.2 Å². The smallest absolute Gasteiger partial charge is 0.266 e. The van der Waals surface area contributed by atoms with Crippen molar-refractivity contribution in [2.75, 3.05) is 13.1 Å². The molecule has 0 radical (unpaired) electrons. The summed E-state index contributed by atoms with van der Waals surface area (Å²) in [5.74, 6) is 0.663. The van der Waals surface area contributed by atoms with Gasteiger partial charge in [-0.2, -0.15) is 10.4 Å². The predicted octanol–water partition coefficient (Wildman–Crippen LogP) is 2.54. The molecule has 2 saturated heterocycles. The Morgan fingerprint density at radius 3 is 2.58 bits per heavy atom. The Balaban J connectivity index is 0.000000134. The number of carbonyl (C=O) groups is 1. The fourth-order valence-corrected chi connectivity index (χ4v) is 3.81. The summed E-state index contributed by atoms with van der Waals surface area (Å²) >= 11 is 0. The Hall–Kier alpha value is -2.13. The van der Waals surface area contributed by atoms with Crippen molar-refractivity contribution in [2.45, 2.75) is 51.5 Å². The highest BCUT2D eigenvalue weighted by Crippen LogP contribution is 2.57. The Morgan fingerprint density at radius 2 is 2.33 bits per heavy atom. The van der Waals surface area contributed by atoms with Gasteiger partial charge in [-0.3, -0.25) is 14.8 Å². The maximum atomic E-state index is 10.4. The molecule has 6 nitrogen and oxygen atoms in total. The second-order valence-electron chi connectivity index (χ2n) is 6.59. The van der Waals surface area contributed by atoms with E-state index in [-0.39, 0.29) is 0 Å². The number of nitrogens with two attached hydrogens (primary N) is 1. The number of carbonyl (C=O) groups excluding carboxylic acids is 1. The van der Waals surface area contributed by atoms with Crippen LogP contribution in [-0.4, -0.2) is 39.6 Å². The highest BCUT2D eigenvalue weighted by atomic mass is 16.1. The first-order valence-electron chi connectivity index (χ1n) is 8.58. The Labute approximate surface area is 143 Å². The number of primary amides is 1. The largest absolute Gasteiger partial charge is 0.364 e. The molecule has 1 aromatic rings. The van der Waals surface area contributed by atoms with E-state index in [4.69, 9.17) is 11.0 Å².